The van der Waals surface area contributed by atoms with Gasteiger partial charge in [0.1, 0.15) is 0 Å². The maximum absolute atomic E-state index is 10.9. The number of para-hydroxylation sites is 1. The molecule has 2 aliphatic rings. The van der Waals surface area contributed by atoms with Gasteiger partial charge in [0.05, 0.1) is 4.92 Å². The van der Waals surface area contributed by atoms with Crippen LogP contribution < -0.4 is 5.32 Å². The molecule has 1 aromatic carbocycles. The summed E-state index contributed by atoms with van der Waals surface area (Å²) in [5, 5.41) is 14.3. The Kier molecular flexibility index (Phi) is 3.98. The summed E-state index contributed by atoms with van der Waals surface area (Å²) in [7, 11) is 0. The van der Waals surface area contributed by atoms with Gasteiger partial charge in [0.15, 0.2) is 0 Å². The Morgan fingerprint density at radius 3 is 2.85 bits per heavy atom. The van der Waals surface area contributed by atoms with Crippen molar-refractivity contribution in [2.45, 2.75) is 31.8 Å². The van der Waals surface area contributed by atoms with Crippen LogP contribution in [0.4, 0.5) is 5.69 Å². The van der Waals surface area contributed by atoms with Gasteiger partial charge in [-0.25, -0.2) is 0 Å². The molecule has 1 saturated carbocycles. The molecular formula is C15H21N3O2. The number of nitro benzene ring substituents is 1. The van der Waals surface area contributed by atoms with Crippen molar-refractivity contribution < 1.29 is 4.92 Å². The van der Waals surface area contributed by atoms with Crippen molar-refractivity contribution in [3.63, 3.8) is 0 Å². The highest BCUT2D eigenvalue weighted by atomic mass is 16.6. The van der Waals surface area contributed by atoms with Crippen molar-refractivity contribution in [2.75, 3.05) is 19.6 Å². The predicted octanol–water partition coefficient (Wildman–Crippen LogP) is 2.17. The number of hydrogen-bond donors (Lipinski definition) is 1. The SMILES string of the molecule is O=[N+]([O-])c1ccccc1CNCC1CCN(C2CC2)C1. The summed E-state index contributed by atoms with van der Waals surface area (Å²) in [6, 6.07) is 7.83. The average Bonchev–Trinajstić information content (AvgIpc) is 3.19. The molecule has 1 atom stereocenters. The minimum atomic E-state index is -0.304. The van der Waals surface area contributed by atoms with Gasteiger partial charge in [-0.3, -0.25) is 10.1 Å². The molecule has 1 heterocycles. The Labute approximate surface area is 119 Å². The Hall–Kier alpha value is -1.46. The van der Waals surface area contributed by atoms with Crippen LogP contribution in [-0.2, 0) is 6.54 Å². The molecule has 5 heteroatoms. The number of nitrogens with one attached hydrogen (secondary N) is 1. The second-order valence-electron chi connectivity index (χ2n) is 5.90. The van der Waals surface area contributed by atoms with Crippen molar-refractivity contribution in [1.82, 2.24) is 10.2 Å². The van der Waals surface area contributed by atoms with Crippen LogP contribution in [0.5, 0.6) is 0 Å². The van der Waals surface area contributed by atoms with Crippen molar-refractivity contribution in [3.05, 3.63) is 39.9 Å². The van der Waals surface area contributed by atoms with E-state index in [0.717, 1.165) is 18.2 Å². The van der Waals surface area contributed by atoms with Crippen LogP contribution in [0.3, 0.4) is 0 Å². The highest BCUT2D eigenvalue weighted by Gasteiger charge is 2.34. The largest absolute Gasteiger partial charge is 0.312 e. The number of benzene rings is 1. The predicted molar refractivity (Wildman–Crippen MR) is 77.5 cm³/mol. The third-order valence-corrected chi connectivity index (χ3v) is 4.32. The normalized spacial score (nSPS) is 23.1. The van der Waals surface area contributed by atoms with Crippen LogP contribution in [0.15, 0.2) is 24.3 Å². The second-order valence-corrected chi connectivity index (χ2v) is 5.90. The summed E-state index contributed by atoms with van der Waals surface area (Å²) in [5.74, 6) is 0.693. The highest BCUT2D eigenvalue weighted by molar-refractivity contribution is 5.39. The molecule has 2 fully saturated rings. The Balaban J connectivity index is 1.47. The van der Waals surface area contributed by atoms with E-state index in [1.165, 1.54) is 32.4 Å². The van der Waals surface area contributed by atoms with E-state index in [2.05, 4.69) is 10.2 Å². The van der Waals surface area contributed by atoms with Gasteiger partial charge in [0.2, 0.25) is 0 Å². The third kappa shape index (κ3) is 3.16. The van der Waals surface area contributed by atoms with Gasteiger partial charge < -0.3 is 10.2 Å². The van der Waals surface area contributed by atoms with Gasteiger partial charge >= 0.3 is 0 Å². The first-order valence-electron chi connectivity index (χ1n) is 7.41. The van der Waals surface area contributed by atoms with Gasteiger partial charge in [-0.1, -0.05) is 18.2 Å². The molecule has 1 saturated heterocycles. The topological polar surface area (TPSA) is 58.4 Å². The van der Waals surface area contributed by atoms with Gasteiger partial charge in [0, 0.05) is 30.8 Å². The average molecular weight is 275 g/mol. The quantitative estimate of drug-likeness (QED) is 0.638. The Bertz CT molecular complexity index is 488. The third-order valence-electron chi connectivity index (χ3n) is 4.32. The first-order valence-corrected chi connectivity index (χ1v) is 7.41. The molecule has 0 radical (unpaired) electrons. The van der Waals surface area contributed by atoms with Crippen LogP contribution in [0.25, 0.3) is 0 Å². The fraction of sp³-hybridized carbons (Fsp3) is 0.600. The molecule has 1 N–H and O–H groups in total. The molecule has 1 aromatic rings. The highest BCUT2D eigenvalue weighted by Crippen LogP contribution is 2.31. The zero-order chi connectivity index (χ0) is 13.9. The first-order chi connectivity index (χ1) is 9.74. The summed E-state index contributed by atoms with van der Waals surface area (Å²) < 4.78 is 0. The van der Waals surface area contributed by atoms with Crippen LogP contribution in [0.1, 0.15) is 24.8 Å². The lowest BCUT2D eigenvalue weighted by Gasteiger charge is -2.15. The summed E-state index contributed by atoms with van der Waals surface area (Å²) >= 11 is 0. The molecule has 1 aliphatic carbocycles. The van der Waals surface area contributed by atoms with E-state index in [0.29, 0.717) is 12.5 Å². The molecule has 0 aromatic heterocycles. The number of nitrogens with zero attached hydrogens (tertiary/aromatic N) is 2. The number of rotatable bonds is 6. The fourth-order valence-electron chi connectivity index (χ4n) is 3.05. The van der Waals surface area contributed by atoms with Gasteiger partial charge in [-0.2, -0.15) is 0 Å². The standard InChI is InChI=1S/C15H21N3O2/c19-18(20)15-4-2-1-3-13(15)10-16-9-12-7-8-17(11-12)14-5-6-14/h1-4,12,14,16H,5-11H2. The minimum Gasteiger partial charge on any atom is -0.312 e. The van der Waals surface area contributed by atoms with Crippen LogP contribution >= 0.6 is 0 Å². The van der Waals surface area contributed by atoms with Crippen molar-refractivity contribution in [3.8, 4) is 0 Å². The summed E-state index contributed by atoms with van der Waals surface area (Å²) in [6.07, 6.45) is 3.99. The van der Waals surface area contributed by atoms with Crippen molar-refractivity contribution in [2.24, 2.45) is 5.92 Å². The van der Waals surface area contributed by atoms with E-state index in [4.69, 9.17) is 0 Å². The maximum atomic E-state index is 10.9. The molecule has 0 bridgehead atoms. The van der Waals surface area contributed by atoms with Gasteiger partial charge in [-0.15, -0.1) is 0 Å². The van der Waals surface area contributed by atoms with E-state index in [1.807, 2.05) is 12.1 Å². The molecule has 3 rings (SSSR count). The zero-order valence-corrected chi connectivity index (χ0v) is 11.6. The van der Waals surface area contributed by atoms with Crippen LogP contribution in [0, 0.1) is 16.0 Å². The monoisotopic (exact) mass is 275 g/mol. The summed E-state index contributed by atoms with van der Waals surface area (Å²) in [5.41, 5.74) is 0.987. The number of nitro groups is 1. The minimum absolute atomic E-state index is 0.214. The molecule has 0 amide bonds. The molecule has 5 nitrogen and oxygen atoms in total. The van der Waals surface area contributed by atoms with E-state index >= 15 is 0 Å². The van der Waals surface area contributed by atoms with E-state index in [-0.39, 0.29) is 10.6 Å². The molecule has 1 aliphatic heterocycles. The number of likely N-dealkylation sites (tertiary alicyclic amines) is 1. The lowest BCUT2D eigenvalue weighted by Crippen LogP contribution is -2.27. The zero-order valence-electron chi connectivity index (χ0n) is 11.6. The van der Waals surface area contributed by atoms with Crippen LogP contribution in [-0.4, -0.2) is 35.5 Å². The van der Waals surface area contributed by atoms with Gasteiger partial charge in [-0.05, 0) is 38.3 Å². The number of hydrogen-bond acceptors (Lipinski definition) is 4. The van der Waals surface area contributed by atoms with E-state index in [1.54, 1.807) is 12.1 Å². The lowest BCUT2D eigenvalue weighted by atomic mass is 10.1. The molecule has 20 heavy (non-hydrogen) atoms. The van der Waals surface area contributed by atoms with Crippen molar-refractivity contribution in [1.29, 1.82) is 0 Å². The molecular weight excluding hydrogens is 254 g/mol. The summed E-state index contributed by atoms with van der Waals surface area (Å²) in [6.45, 7) is 3.95. The second kappa shape index (κ2) is 5.89. The van der Waals surface area contributed by atoms with Gasteiger partial charge in [0.25, 0.3) is 5.69 Å². The summed E-state index contributed by atoms with van der Waals surface area (Å²) in [4.78, 5) is 13.2. The van der Waals surface area contributed by atoms with E-state index < -0.39 is 0 Å². The Morgan fingerprint density at radius 1 is 1.30 bits per heavy atom. The molecule has 108 valence electrons. The lowest BCUT2D eigenvalue weighted by molar-refractivity contribution is -0.385. The molecule has 0 spiro atoms. The van der Waals surface area contributed by atoms with E-state index in [9.17, 15) is 10.1 Å². The Morgan fingerprint density at radius 2 is 2.10 bits per heavy atom. The fourth-order valence-corrected chi connectivity index (χ4v) is 3.05. The smallest absolute Gasteiger partial charge is 0.273 e. The van der Waals surface area contributed by atoms with Crippen molar-refractivity contribution >= 4 is 5.69 Å². The molecule has 1 unspecified atom stereocenters. The van der Waals surface area contributed by atoms with Crippen LogP contribution in [0.2, 0.25) is 0 Å². The first kappa shape index (κ1) is 13.5. The maximum Gasteiger partial charge on any atom is 0.273 e.